The van der Waals surface area contributed by atoms with Gasteiger partial charge in [0.25, 0.3) is 6.29 Å². The first-order valence-electron chi connectivity index (χ1n) is 29.0. The van der Waals surface area contributed by atoms with Gasteiger partial charge in [0.05, 0.1) is 34.4 Å². The maximum Gasteiger partial charge on any atom is 0.361 e. The van der Waals surface area contributed by atoms with Crippen molar-refractivity contribution in [1.82, 2.24) is 0 Å². The van der Waals surface area contributed by atoms with Crippen LogP contribution in [0.25, 0.3) is 0 Å². The first-order chi connectivity index (χ1) is 34.1. The van der Waals surface area contributed by atoms with Crippen molar-refractivity contribution in [2.24, 2.45) is 0 Å². The van der Waals surface area contributed by atoms with Gasteiger partial charge < -0.3 is 28.5 Å². The largest absolute Gasteiger partial charge is 0.477 e. The number of nitrogens with zero attached hydrogens (tertiary/aromatic N) is 1. The summed E-state index contributed by atoms with van der Waals surface area (Å²) in [5.41, 5.74) is 0. The lowest BCUT2D eigenvalue weighted by atomic mass is 10.0. The van der Waals surface area contributed by atoms with Crippen LogP contribution < -0.4 is 0 Å². The van der Waals surface area contributed by atoms with Gasteiger partial charge in [-0.3, -0.25) is 9.59 Å². The second kappa shape index (κ2) is 52.3. The second-order valence-corrected chi connectivity index (χ2v) is 20.6. The summed E-state index contributed by atoms with van der Waals surface area (Å²) in [6, 6.07) is 0. The van der Waals surface area contributed by atoms with Gasteiger partial charge in [0.1, 0.15) is 13.2 Å². The van der Waals surface area contributed by atoms with E-state index < -0.39 is 24.3 Å². The number of likely N-dealkylation sites (N-methyl/N-ethyl adjacent to an activating group) is 1. The van der Waals surface area contributed by atoms with Gasteiger partial charge in [-0.1, -0.05) is 242 Å². The second-order valence-electron chi connectivity index (χ2n) is 20.6. The fourth-order valence-electron chi connectivity index (χ4n) is 8.10. The Balaban J connectivity index is 4.26. The molecule has 0 rings (SSSR count). The molecule has 0 aliphatic rings. The summed E-state index contributed by atoms with van der Waals surface area (Å²) >= 11 is 0. The Morgan fingerprint density at radius 1 is 0.443 bits per heavy atom. The van der Waals surface area contributed by atoms with E-state index in [1.54, 1.807) is 0 Å². The summed E-state index contributed by atoms with van der Waals surface area (Å²) < 4.78 is 22.9. The fraction of sp³-hybridized carbons (Fsp3) is 0.787. The van der Waals surface area contributed by atoms with Crippen LogP contribution >= 0.6 is 0 Å². The molecule has 406 valence electrons. The van der Waals surface area contributed by atoms with Crippen molar-refractivity contribution in [1.29, 1.82) is 0 Å². The number of ether oxygens (including phenoxy) is 4. The molecule has 0 radical (unpaired) electrons. The molecule has 0 heterocycles. The van der Waals surface area contributed by atoms with Gasteiger partial charge in [0.2, 0.25) is 0 Å². The number of carboxylic acid groups (broad SMARTS) is 1. The van der Waals surface area contributed by atoms with Crippen molar-refractivity contribution in [3.05, 3.63) is 60.8 Å². The van der Waals surface area contributed by atoms with Crippen molar-refractivity contribution in [3.8, 4) is 0 Å². The van der Waals surface area contributed by atoms with Crippen LogP contribution in [-0.2, 0) is 33.3 Å². The normalized spacial score (nSPS) is 13.2. The molecule has 0 aromatic rings. The maximum atomic E-state index is 12.9. The van der Waals surface area contributed by atoms with E-state index in [0.29, 0.717) is 23.9 Å². The number of hydrogen-bond donors (Lipinski definition) is 1. The summed E-state index contributed by atoms with van der Waals surface area (Å²) in [6.45, 7) is 4.79. The minimum Gasteiger partial charge on any atom is -0.477 e. The quantitative estimate of drug-likeness (QED) is 0.0211. The zero-order valence-electron chi connectivity index (χ0n) is 46.2. The lowest BCUT2D eigenvalue weighted by molar-refractivity contribution is -0.870. The van der Waals surface area contributed by atoms with Crippen LogP contribution in [0.5, 0.6) is 0 Å². The Labute approximate surface area is 431 Å². The number of carbonyl (C=O) groups excluding carboxylic acids is 2. The highest BCUT2D eigenvalue weighted by Crippen LogP contribution is 2.17. The molecule has 0 aliphatic heterocycles. The first-order valence-corrected chi connectivity index (χ1v) is 29.0. The number of carbonyl (C=O) groups is 3. The summed E-state index contributed by atoms with van der Waals surface area (Å²) in [6.07, 6.45) is 62.9. The van der Waals surface area contributed by atoms with Crippen LogP contribution in [0.15, 0.2) is 60.8 Å². The highest BCUT2D eigenvalue weighted by molar-refractivity contribution is 5.71. The Morgan fingerprint density at radius 2 is 0.814 bits per heavy atom. The monoisotopic (exact) mass is 985 g/mol. The minimum absolute atomic E-state index is 0.183. The SMILES string of the molecule is CC/C=C\C/C=C\C/C=C\C/C=C\C/C=C\CCCCCCCCCCCC(=O)OC(COC(=O)CCCCCCCCCCCCCCCCCCCCCC)COC(OCC[N+](C)(C)C)C(=O)O. The molecule has 0 aliphatic carbocycles. The first kappa shape index (κ1) is 67.0. The van der Waals surface area contributed by atoms with E-state index >= 15 is 0 Å². The van der Waals surface area contributed by atoms with Gasteiger partial charge in [0.15, 0.2) is 6.10 Å². The Kier molecular flexibility index (Phi) is 50.1. The number of quaternary nitrogens is 1. The molecule has 0 fully saturated rings. The summed E-state index contributed by atoms with van der Waals surface area (Å²) in [4.78, 5) is 37.4. The highest BCUT2D eigenvalue weighted by Gasteiger charge is 2.25. The van der Waals surface area contributed by atoms with Crippen LogP contribution in [0.1, 0.15) is 251 Å². The zero-order valence-corrected chi connectivity index (χ0v) is 46.2. The Morgan fingerprint density at radius 3 is 1.21 bits per heavy atom. The Bertz CT molecular complexity index is 1330. The van der Waals surface area contributed by atoms with Crippen molar-refractivity contribution >= 4 is 17.9 Å². The number of hydrogen-bond acceptors (Lipinski definition) is 7. The molecule has 2 atom stereocenters. The number of carboxylic acids is 1. The third-order valence-electron chi connectivity index (χ3n) is 12.5. The van der Waals surface area contributed by atoms with Crippen LogP contribution in [0.2, 0.25) is 0 Å². The summed E-state index contributed by atoms with van der Waals surface area (Å²) in [5.74, 6) is -2.00. The standard InChI is InChI=1S/C61H109NO8/c1-6-8-10-12-14-16-18-20-22-24-26-28-29-30-31-32-34-36-38-40-42-44-46-48-50-52-59(64)70-57(56-69-61(60(65)66)67-54-53-62(3,4)5)55-68-58(63)51-49-47-45-43-41-39-37-35-33-27-25-23-21-19-17-15-13-11-9-7-2/h8,10,14,16,20,22,26,28,30-31,57,61H,6-7,9,11-13,15,17-19,21,23-25,27,29,32-56H2,1-5H3/p+1/b10-8-,16-14-,22-20-,28-26-,31-30-. The molecule has 0 saturated carbocycles. The molecule has 0 aromatic carbocycles. The highest BCUT2D eigenvalue weighted by atomic mass is 16.7. The molecule has 9 nitrogen and oxygen atoms in total. The number of rotatable bonds is 53. The third-order valence-corrected chi connectivity index (χ3v) is 12.5. The van der Waals surface area contributed by atoms with E-state index in [-0.39, 0.29) is 32.2 Å². The summed E-state index contributed by atoms with van der Waals surface area (Å²) in [5, 5.41) is 9.70. The van der Waals surface area contributed by atoms with Gasteiger partial charge in [-0.2, -0.15) is 0 Å². The molecule has 0 amide bonds. The van der Waals surface area contributed by atoms with Gasteiger partial charge in [-0.05, 0) is 57.8 Å². The van der Waals surface area contributed by atoms with E-state index in [1.807, 2.05) is 21.1 Å². The number of esters is 2. The van der Waals surface area contributed by atoms with Crippen molar-refractivity contribution in [3.63, 3.8) is 0 Å². The molecule has 2 unspecified atom stereocenters. The molecule has 0 bridgehead atoms. The van der Waals surface area contributed by atoms with Crippen LogP contribution in [-0.4, -0.2) is 87.4 Å². The van der Waals surface area contributed by atoms with Gasteiger partial charge in [-0.25, -0.2) is 4.79 Å². The van der Waals surface area contributed by atoms with Crippen LogP contribution in [0.3, 0.4) is 0 Å². The summed E-state index contributed by atoms with van der Waals surface area (Å²) in [7, 11) is 5.97. The molecular formula is C61H110NO8+. The lowest BCUT2D eigenvalue weighted by Gasteiger charge is -2.25. The van der Waals surface area contributed by atoms with Crippen molar-refractivity contribution in [2.45, 2.75) is 264 Å². The lowest BCUT2D eigenvalue weighted by Crippen LogP contribution is -2.40. The predicted octanol–water partition coefficient (Wildman–Crippen LogP) is 16.8. The van der Waals surface area contributed by atoms with E-state index in [1.165, 1.54) is 141 Å². The van der Waals surface area contributed by atoms with Gasteiger partial charge >= 0.3 is 17.9 Å². The van der Waals surface area contributed by atoms with Gasteiger partial charge in [0, 0.05) is 12.8 Å². The molecule has 0 spiro atoms. The third kappa shape index (κ3) is 52.8. The number of unbranched alkanes of at least 4 members (excludes halogenated alkanes) is 28. The van der Waals surface area contributed by atoms with E-state index in [9.17, 15) is 19.5 Å². The van der Waals surface area contributed by atoms with Crippen molar-refractivity contribution in [2.75, 3.05) is 47.5 Å². The predicted molar refractivity (Wildman–Crippen MR) is 295 cm³/mol. The van der Waals surface area contributed by atoms with Gasteiger partial charge in [-0.15, -0.1) is 0 Å². The zero-order chi connectivity index (χ0) is 51.3. The average molecular weight is 986 g/mol. The van der Waals surface area contributed by atoms with Crippen LogP contribution in [0, 0.1) is 0 Å². The molecule has 1 N–H and O–H groups in total. The van der Waals surface area contributed by atoms with E-state index in [2.05, 4.69) is 74.6 Å². The average Bonchev–Trinajstić information content (AvgIpc) is 3.33. The molecule has 9 heteroatoms. The topological polar surface area (TPSA) is 108 Å². The molecule has 0 saturated heterocycles. The van der Waals surface area contributed by atoms with E-state index in [4.69, 9.17) is 18.9 Å². The molecular weight excluding hydrogens is 875 g/mol. The minimum atomic E-state index is -1.51. The Hall–Kier alpha value is -3.01. The van der Waals surface area contributed by atoms with Crippen molar-refractivity contribution < 1.29 is 42.9 Å². The molecule has 70 heavy (non-hydrogen) atoms. The fourth-order valence-corrected chi connectivity index (χ4v) is 8.10. The van der Waals surface area contributed by atoms with Crippen LogP contribution in [0.4, 0.5) is 0 Å². The maximum absolute atomic E-state index is 12.9. The smallest absolute Gasteiger partial charge is 0.361 e. The number of aliphatic carboxylic acids is 1. The molecule has 0 aromatic heterocycles. The number of allylic oxidation sites excluding steroid dienone is 10. The van der Waals surface area contributed by atoms with E-state index in [0.717, 1.165) is 77.0 Å².